The predicted octanol–water partition coefficient (Wildman–Crippen LogP) is 2.17. The lowest BCUT2D eigenvalue weighted by Gasteiger charge is -2.15. The number of carbonyl (C=O) groups is 1. The summed E-state index contributed by atoms with van der Waals surface area (Å²) in [6, 6.07) is 15.0. The van der Waals surface area contributed by atoms with E-state index in [4.69, 9.17) is 10.00 Å². The first-order valence-corrected chi connectivity index (χ1v) is 5.93. The molecule has 0 radical (unpaired) electrons. The fourth-order valence-electron chi connectivity index (χ4n) is 1.99. The van der Waals surface area contributed by atoms with Crippen LogP contribution in [0.25, 0.3) is 10.8 Å². The van der Waals surface area contributed by atoms with Crippen LogP contribution in [-0.4, -0.2) is 19.6 Å². The number of esters is 1. The van der Waals surface area contributed by atoms with Crippen LogP contribution >= 0.6 is 0 Å². The highest BCUT2D eigenvalue weighted by Crippen LogP contribution is 2.21. The van der Waals surface area contributed by atoms with Gasteiger partial charge in [-0.15, -0.1) is 0 Å². The largest absolute Gasteiger partial charge is 0.468 e. The van der Waals surface area contributed by atoms with E-state index in [0.29, 0.717) is 0 Å². The summed E-state index contributed by atoms with van der Waals surface area (Å²) >= 11 is 0. The molecule has 1 N–H and O–H groups in total. The number of rotatable bonds is 4. The van der Waals surface area contributed by atoms with Crippen molar-refractivity contribution in [2.24, 2.45) is 0 Å². The number of benzene rings is 2. The van der Waals surface area contributed by atoms with Gasteiger partial charge in [0.2, 0.25) is 0 Å². The number of hydrogen-bond acceptors (Lipinski definition) is 4. The van der Waals surface area contributed by atoms with Gasteiger partial charge in [-0.2, -0.15) is 5.26 Å². The lowest BCUT2D eigenvalue weighted by atomic mass is 10.0. The van der Waals surface area contributed by atoms with Crippen molar-refractivity contribution >= 4 is 16.7 Å². The van der Waals surface area contributed by atoms with E-state index >= 15 is 0 Å². The van der Waals surface area contributed by atoms with Crippen LogP contribution in [0.1, 0.15) is 11.6 Å². The van der Waals surface area contributed by atoms with Gasteiger partial charge in [0, 0.05) is 0 Å². The number of nitrogens with one attached hydrogen (secondary N) is 1. The molecule has 2 rings (SSSR count). The Morgan fingerprint density at radius 1 is 1.32 bits per heavy atom. The molecule has 0 fully saturated rings. The van der Waals surface area contributed by atoms with Gasteiger partial charge >= 0.3 is 5.97 Å². The smallest absolute Gasteiger partial charge is 0.327 e. The molecule has 19 heavy (non-hydrogen) atoms. The number of fused-ring (bicyclic) bond motifs is 1. The van der Waals surface area contributed by atoms with E-state index in [-0.39, 0.29) is 6.54 Å². The van der Waals surface area contributed by atoms with Crippen LogP contribution in [0.4, 0.5) is 0 Å². The summed E-state index contributed by atoms with van der Waals surface area (Å²) in [6.45, 7) is 0.0899. The van der Waals surface area contributed by atoms with Gasteiger partial charge in [0.1, 0.15) is 6.04 Å². The van der Waals surface area contributed by atoms with Crippen molar-refractivity contribution in [1.82, 2.24) is 5.32 Å². The first-order chi connectivity index (χ1) is 9.26. The molecule has 0 bridgehead atoms. The average molecular weight is 254 g/mol. The maximum atomic E-state index is 11.8. The number of nitrogens with zero attached hydrogens (tertiary/aromatic N) is 1. The highest BCUT2D eigenvalue weighted by molar-refractivity contribution is 5.85. The van der Waals surface area contributed by atoms with Crippen molar-refractivity contribution in [1.29, 1.82) is 5.26 Å². The highest BCUT2D eigenvalue weighted by atomic mass is 16.5. The molecule has 0 aromatic heterocycles. The fourth-order valence-corrected chi connectivity index (χ4v) is 1.99. The zero-order valence-electron chi connectivity index (χ0n) is 10.6. The Balaban J connectivity index is 2.38. The molecule has 0 saturated heterocycles. The Kier molecular flexibility index (Phi) is 4.11. The third-order valence-corrected chi connectivity index (χ3v) is 2.93. The van der Waals surface area contributed by atoms with Crippen molar-refractivity contribution in [2.75, 3.05) is 13.7 Å². The van der Waals surface area contributed by atoms with Crippen molar-refractivity contribution in [3.8, 4) is 6.07 Å². The summed E-state index contributed by atoms with van der Waals surface area (Å²) in [5.41, 5.74) is 0.792. The molecule has 0 aliphatic rings. The van der Waals surface area contributed by atoms with Gasteiger partial charge in [-0.25, -0.2) is 4.79 Å². The molecular weight excluding hydrogens is 240 g/mol. The van der Waals surface area contributed by atoms with E-state index in [9.17, 15) is 4.79 Å². The Morgan fingerprint density at radius 3 is 2.74 bits per heavy atom. The van der Waals surface area contributed by atoms with Gasteiger partial charge < -0.3 is 4.74 Å². The summed E-state index contributed by atoms with van der Waals surface area (Å²) in [6.07, 6.45) is 0. The second kappa shape index (κ2) is 5.98. The van der Waals surface area contributed by atoms with Crippen LogP contribution in [0, 0.1) is 11.3 Å². The fraction of sp³-hybridized carbons (Fsp3) is 0.200. The summed E-state index contributed by atoms with van der Waals surface area (Å²) in [7, 11) is 1.34. The quantitative estimate of drug-likeness (QED) is 0.671. The number of carbonyl (C=O) groups excluding carboxylic acids is 1. The molecule has 4 heteroatoms. The Bertz CT molecular complexity index is 631. The molecule has 2 aromatic rings. The molecule has 2 aromatic carbocycles. The first-order valence-electron chi connectivity index (χ1n) is 5.93. The monoisotopic (exact) mass is 254 g/mol. The predicted molar refractivity (Wildman–Crippen MR) is 72.3 cm³/mol. The molecule has 0 heterocycles. The summed E-state index contributed by atoms with van der Waals surface area (Å²) < 4.78 is 4.77. The highest BCUT2D eigenvalue weighted by Gasteiger charge is 2.20. The third-order valence-electron chi connectivity index (χ3n) is 2.93. The molecule has 0 aliphatic carbocycles. The van der Waals surface area contributed by atoms with E-state index in [1.165, 1.54) is 7.11 Å². The van der Waals surface area contributed by atoms with Crippen molar-refractivity contribution in [3.05, 3.63) is 48.0 Å². The number of ether oxygens (including phenoxy) is 1. The normalized spacial score (nSPS) is 11.8. The molecular formula is C15H14N2O2. The van der Waals surface area contributed by atoms with Crippen molar-refractivity contribution in [3.63, 3.8) is 0 Å². The van der Waals surface area contributed by atoms with Crippen molar-refractivity contribution < 1.29 is 9.53 Å². The lowest BCUT2D eigenvalue weighted by molar-refractivity contribution is -0.143. The van der Waals surface area contributed by atoms with E-state index < -0.39 is 12.0 Å². The van der Waals surface area contributed by atoms with Gasteiger partial charge in [0.15, 0.2) is 0 Å². The zero-order valence-corrected chi connectivity index (χ0v) is 10.6. The Labute approximate surface area is 111 Å². The number of hydrogen-bond donors (Lipinski definition) is 1. The van der Waals surface area contributed by atoms with Crippen LogP contribution in [0.2, 0.25) is 0 Å². The number of nitriles is 1. The molecule has 96 valence electrons. The van der Waals surface area contributed by atoms with Gasteiger partial charge in [-0.05, 0) is 22.4 Å². The van der Waals surface area contributed by atoms with Crippen LogP contribution < -0.4 is 5.32 Å². The molecule has 0 amide bonds. The molecule has 0 spiro atoms. The van der Waals surface area contributed by atoms with E-state index in [2.05, 4.69) is 5.32 Å². The summed E-state index contributed by atoms with van der Waals surface area (Å²) in [5.74, 6) is -0.398. The van der Waals surface area contributed by atoms with E-state index in [1.54, 1.807) is 0 Å². The van der Waals surface area contributed by atoms with Crippen molar-refractivity contribution in [2.45, 2.75) is 6.04 Å². The van der Waals surface area contributed by atoms with Gasteiger partial charge in [0.05, 0.1) is 19.7 Å². The standard InChI is InChI=1S/C15H14N2O2/c1-19-15(18)14(17-9-8-16)13-7-6-11-4-2-3-5-12(11)10-13/h2-7,10,14,17H,9H2,1H3. The molecule has 0 saturated carbocycles. The van der Waals surface area contributed by atoms with E-state index in [0.717, 1.165) is 16.3 Å². The van der Waals surface area contributed by atoms with Crippen LogP contribution in [0.3, 0.4) is 0 Å². The van der Waals surface area contributed by atoms with E-state index in [1.807, 2.05) is 48.5 Å². The van der Waals surface area contributed by atoms with Crippen LogP contribution in [0.15, 0.2) is 42.5 Å². The Hall–Kier alpha value is -2.38. The third kappa shape index (κ3) is 2.90. The van der Waals surface area contributed by atoms with Gasteiger partial charge in [-0.3, -0.25) is 5.32 Å². The topological polar surface area (TPSA) is 62.1 Å². The zero-order chi connectivity index (χ0) is 13.7. The minimum Gasteiger partial charge on any atom is -0.468 e. The van der Waals surface area contributed by atoms with Crippen LogP contribution in [-0.2, 0) is 9.53 Å². The maximum absolute atomic E-state index is 11.8. The molecule has 1 unspecified atom stereocenters. The SMILES string of the molecule is COC(=O)C(NCC#N)c1ccc2ccccc2c1. The number of methoxy groups -OCH3 is 1. The average Bonchev–Trinajstić information content (AvgIpc) is 2.47. The molecule has 4 nitrogen and oxygen atoms in total. The first kappa shape index (κ1) is 13.1. The van der Waals surface area contributed by atoms with Crippen LogP contribution in [0.5, 0.6) is 0 Å². The molecule has 1 atom stereocenters. The lowest BCUT2D eigenvalue weighted by Crippen LogP contribution is -2.29. The maximum Gasteiger partial charge on any atom is 0.327 e. The molecule has 0 aliphatic heterocycles. The second-order valence-electron chi connectivity index (χ2n) is 4.10. The minimum atomic E-state index is -0.616. The van der Waals surface area contributed by atoms with Gasteiger partial charge in [0.25, 0.3) is 0 Å². The minimum absolute atomic E-state index is 0.0899. The van der Waals surface area contributed by atoms with Gasteiger partial charge in [-0.1, -0.05) is 36.4 Å². The second-order valence-corrected chi connectivity index (χ2v) is 4.10. The summed E-state index contributed by atoms with van der Waals surface area (Å²) in [5, 5.41) is 13.6. The summed E-state index contributed by atoms with van der Waals surface area (Å²) in [4.78, 5) is 11.8. The Morgan fingerprint density at radius 2 is 2.05 bits per heavy atom.